The molecule has 1 rings (SSSR count). The molecule has 8 heteroatoms. The highest BCUT2D eigenvalue weighted by atomic mass is 127. The molecule has 0 radical (unpaired) electrons. The summed E-state index contributed by atoms with van der Waals surface area (Å²) in [6, 6.07) is 5.20. The van der Waals surface area contributed by atoms with E-state index in [1.54, 1.807) is 32.4 Å². The van der Waals surface area contributed by atoms with Crippen molar-refractivity contribution in [2.75, 3.05) is 40.5 Å². The maximum absolute atomic E-state index is 6.03. The first-order chi connectivity index (χ1) is 10.7. The van der Waals surface area contributed by atoms with Gasteiger partial charge in [-0.1, -0.05) is 23.2 Å². The monoisotopic (exact) mass is 475 g/mol. The average molecular weight is 476 g/mol. The molecule has 0 aliphatic carbocycles. The lowest BCUT2D eigenvalue weighted by Gasteiger charge is -2.12. The first-order valence-electron chi connectivity index (χ1n) is 7.18. The van der Waals surface area contributed by atoms with Gasteiger partial charge in [0, 0.05) is 38.9 Å². The number of nitrogens with zero attached hydrogens (tertiary/aromatic N) is 1. The molecule has 0 spiro atoms. The van der Waals surface area contributed by atoms with Gasteiger partial charge in [0.1, 0.15) is 5.75 Å². The molecule has 1 aromatic rings. The van der Waals surface area contributed by atoms with Gasteiger partial charge in [-0.2, -0.15) is 0 Å². The van der Waals surface area contributed by atoms with Gasteiger partial charge in [0.25, 0.3) is 0 Å². The normalized spacial score (nSPS) is 10.9. The van der Waals surface area contributed by atoms with E-state index in [-0.39, 0.29) is 24.0 Å². The molecule has 0 fully saturated rings. The van der Waals surface area contributed by atoms with Crippen LogP contribution in [0.1, 0.15) is 12.8 Å². The smallest absolute Gasteiger partial charge is 0.190 e. The number of hydrogen-bond donors (Lipinski definition) is 2. The third-order valence-corrected chi connectivity index (χ3v) is 3.34. The minimum atomic E-state index is 0. The van der Waals surface area contributed by atoms with E-state index >= 15 is 0 Å². The van der Waals surface area contributed by atoms with Crippen molar-refractivity contribution in [3.8, 4) is 5.75 Å². The molecule has 0 unspecified atom stereocenters. The van der Waals surface area contributed by atoms with Crippen molar-refractivity contribution in [3.05, 3.63) is 28.2 Å². The minimum Gasteiger partial charge on any atom is -0.492 e. The number of benzene rings is 1. The second-order valence-corrected chi connectivity index (χ2v) is 5.39. The van der Waals surface area contributed by atoms with Crippen LogP contribution in [0.3, 0.4) is 0 Å². The van der Waals surface area contributed by atoms with E-state index in [1.807, 2.05) is 0 Å². The number of aliphatic imine (C=N–C) groups is 1. The highest BCUT2D eigenvalue weighted by Gasteiger charge is 2.02. The van der Waals surface area contributed by atoms with Crippen LogP contribution in [0.25, 0.3) is 0 Å². The van der Waals surface area contributed by atoms with E-state index in [9.17, 15) is 0 Å². The van der Waals surface area contributed by atoms with Gasteiger partial charge in [0.15, 0.2) is 5.96 Å². The molecule has 0 aliphatic rings. The number of nitrogens with one attached hydrogen (secondary N) is 2. The van der Waals surface area contributed by atoms with Crippen LogP contribution in [0.15, 0.2) is 23.2 Å². The summed E-state index contributed by atoms with van der Waals surface area (Å²) in [7, 11) is 3.44. The van der Waals surface area contributed by atoms with Gasteiger partial charge in [-0.05, 0) is 31.0 Å². The van der Waals surface area contributed by atoms with Crippen LogP contribution in [-0.2, 0) is 4.74 Å². The van der Waals surface area contributed by atoms with Gasteiger partial charge >= 0.3 is 0 Å². The Morgan fingerprint density at radius 1 is 1.13 bits per heavy atom. The molecular weight excluding hydrogens is 452 g/mol. The van der Waals surface area contributed by atoms with Crippen molar-refractivity contribution in [2.45, 2.75) is 12.8 Å². The van der Waals surface area contributed by atoms with Crippen LogP contribution in [-0.4, -0.2) is 46.4 Å². The molecule has 0 atom stereocenters. The Morgan fingerprint density at radius 3 is 2.35 bits per heavy atom. The summed E-state index contributed by atoms with van der Waals surface area (Å²) in [5, 5.41) is 7.55. The molecule has 0 amide bonds. The molecule has 0 heterocycles. The van der Waals surface area contributed by atoms with Gasteiger partial charge in [-0.3, -0.25) is 4.99 Å². The summed E-state index contributed by atoms with van der Waals surface area (Å²) in [5.74, 6) is 1.42. The highest BCUT2D eigenvalue weighted by Crippen LogP contribution is 2.27. The van der Waals surface area contributed by atoms with Crippen LogP contribution in [0.5, 0.6) is 5.75 Å². The zero-order chi connectivity index (χ0) is 16.2. The molecule has 0 aromatic heterocycles. The molecular formula is C15H24Cl2IN3O2. The lowest BCUT2D eigenvalue weighted by Crippen LogP contribution is -2.38. The summed E-state index contributed by atoms with van der Waals surface area (Å²) in [6.07, 6.45) is 1.77. The number of ether oxygens (including phenoxy) is 2. The van der Waals surface area contributed by atoms with E-state index in [4.69, 9.17) is 32.7 Å². The third-order valence-electron chi connectivity index (χ3n) is 2.81. The molecule has 23 heavy (non-hydrogen) atoms. The maximum atomic E-state index is 6.03. The topological polar surface area (TPSA) is 54.9 Å². The zero-order valence-electron chi connectivity index (χ0n) is 13.4. The molecule has 0 bridgehead atoms. The Balaban J connectivity index is 0.00000484. The fraction of sp³-hybridized carbons (Fsp3) is 0.533. The zero-order valence-corrected chi connectivity index (χ0v) is 17.2. The number of guanidine groups is 1. The molecule has 132 valence electrons. The molecule has 1 aromatic carbocycles. The van der Waals surface area contributed by atoms with Crippen molar-refractivity contribution >= 4 is 53.1 Å². The minimum absolute atomic E-state index is 0. The first-order valence-corrected chi connectivity index (χ1v) is 7.94. The van der Waals surface area contributed by atoms with Crippen LogP contribution >= 0.6 is 47.2 Å². The fourth-order valence-electron chi connectivity index (χ4n) is 1.70. The number of hydrogen-bond acceptors (Lipinski definition) is 3. The first kappa shape index (κ1) is 22.6. The maximum Gasteiger partial charge on any atom is 0.190 e. The van der Waals surface area contributed by atoms with Crippen LogP contribution in [0, 0.1) is 0 Å². The van der Waals surface area contributed by atoms with E-state index in [1.165, 1.54) is 0 Å². The molecule has 0 saturated heterocycles. The Kier molecular flexibility index (Phi) is 13.7. The van der Waals surface area contributed by atoms with Crippen molar-refractivity contribution in [1.29, 1.82) is 0 Å². The summed E-state index contributed by atoms with van der Waals surface area (Å²) in [5.41, 5.74) is 0. The Hall–Kier alpha value is -0.440. The van der Waals surface area contributed by atoms with E-state index in [2.05, 4.69) is 15.6 Å². The second-order valence-electron chi connectivity index (χ2n) is 4.55. The van der Waals surface area contributed by atoms with Crippen LogP contribution in [0.4, 0.5) is 0 Å². The summed E-state index contributed by atoms with van der Waals surface area (Å²) in [4.78, 5) is 4.14. The number of methoxy groups -OCH3 is 1. The van der Waals surface area contributed by atoms with Gasteiger partial charge < -0.3 is 20.1 Å². The summed E-state index contributed by atoms with van der Waals surface area (Å²) >= 11 is 11.9. The third kappa shape index (κ3) is 10.1. The van der Waals surface area contributed by atoms with Gasteiger partial charge in [-0.15, -0.1) is 24.0 Å². The van der Waals surface area contributed by atoms with Crippen LogP contribution < -0.4 is 15.4 Å². The Labute approximate surface area is 165 Å². The van der Waals surface area contributed by atoms with Crippen molar-refractivity contribution < 1.29 is 9.47 Å². The SMILES string of the molecule is CN=C(NCCCOC)NCCCOc1ccc(Cl)cc1Cl.I. The average Bonchev–Trinajstić information content (AvgIpc) is 2.51. The summed E-state index contributed by atoms with van der Waals surface area (Å²) in [6.45, 7) is 2.88. The van der Waals surface area contributed by atoms with E-state index < -0.39 is 0 Å². The largest absolute Gasteiger partial charge is 0.492 e. The Bertz CT molecular complexity index is 476. The van der Waals surface area contributed by atoms with Crippen LogP contribution in [0.2, 0.25) is 10.0 Å². The van der Waals surface area contributed by atoms with Crippen molar-refractivity contribution in [3.63, 3.8) is 0 Å². The number of halogens is 3. The summed E-state index contributed by atoms with van der Waals surface area (Å²) < 4.78 is 10.6. The van der Waals surface area contributed by atoms with E-state index in [0.29, 0.717) is 22.4 Å². The lowest BCUT2D eigenvalue weighted by atomic mass is 10.3. The predicted molar refractivity (Wildman–Crippen MR) is 108 cm³/mol. The second kappa shape index (κ2) is 13.9. The van der Waals surface area contributed by atoms with Crippen molar-refractivity contribution in [1.82, 2.24) is 10.6 Å². The standard InChI is InChI=1S/C15H23Cl2N3O2.HI/c1-18-15(19-7-3-9-21-2)20-8-4-10-22-14-6-5-12(16)11-13(14)17;/h5-6,11H,3-4,7-10H2,1-2H3,(H2,18,19,20);1H. The predicted octanol–water partition coefficient (Wildman–Crippen LogP) is 3.58. The molecule has 5 nitrogen and oxygen atoms in total. The van der Waals surface area contributed by atoms with Gasteiger partial charge in [-0.25, -0.2) is 0 Å². The van der Waals surface area contributed by atoms with Crippen molar-refractivity contribution in [2.24, 2.45) is 4.99 Å². The van der Waals surface area contributed by atoms with Gasteiger partial charge in [0.2, 0.25) is 0 Å². The highest BCUT2D eigenvalue weighted by molar-refractivity contribution is 14.0. The quantitative estimate of drug-likeness (QED) is 0.248. The van der Waals surface area contributed by atoms with Gasteiger partial charge in [0.05, 0.1) is 11.6 Å². The lowest BCUT2D eigenvalue weighted by molar-refractivity contribution is 0.195. The molecule has 0 saturated carbocycles. The Morgan fingerprint density at radius 2 is 1.78 bits per heavy atom. The molecule has 0 aliphatic heterocycles. The van der Waals surface area contributed by atoms with E-state index in [0.717, 1.165) is 38.5 Å². The molecule has 2 N–H and O–H groups in total. The number of rotatable bonds is 9. The fourth-order valence-corrected chi connectivity index (χ4v) is 2.16.